The van der Waals surface area contributed by atoms with E-state index in [0.29, 0.717) is 6.04 Å². The molecule has 0 amide bonds. The lowest BCUT2D eigenvalue weighted by atomic mass is 9.84. The van der Waals surface area contributed by atoms with Gasteiger partial charge in [0.1, 0.15) is 0 Å². The molecule has 2 atom stereocenters. The van der Waals surface area contributed by atoms with E-state index in [0.717, 1.165) is 30.3 Å². The third-order valence-electron chi connectivity index (χ3n) is 5.39. The number of ether oxygens (including phenoxy) is 3. The third-order valence-corrected chi connectivity index (χ3v) is 5.39. The first kappa shape index (κ1) is 25.2. The molecule has 2 fully saturated rings. The van der Waals surface area contributed by atoms with Gasteiger partial charge in [0.05, 0.1) is 19.9 Å². The van der Waals surface area contributed by atoms with Crippen LogP contribution in [0.15, 0.2) is 29.4 Å². The van der Waals surface area contributed by atoms with Crippen molar-refractivity contribution in [2.75, 3.05) is 34.9 Å². The molecule has 0 aromatic heterocycles. The van der Waals surface area contributed by atoms with Crippen molar-refractivity contribution in [3.63, 3.8) is 0 Å². The lowest BCUT2D eigenvalue weighted by Crippen LogP contribution is -2.35. The molecular formula is C23H40N2O4. The van der Waals surface area contributed by atoms with E-state index in [2.05, 4.69) is 17.1 Å². The summed E-state index contributed by atoms with van der Waals surface area (Å²) in [5, 5.41) is 4.29. The Kier molecular flexibility index (Phi) is 11.1. The molecule has 6 nitrogen and oxygen atoms in total. The van der Waals surface area contributed by atoms with Gasteiger partial charge in [0.2, 0.25) is 5.79 Å². The highest BCUT2D eigenvalue weighted by Gasteiger charge is 2.36. The maximum Gasteiger partial charge on any atom is 0.230 e. The Labute approximate surface area is 177 Å². The number of rotatable bonds is 5. The van der Waals surface area contributed by atoms with Gasteiger partial charge in [-0.1, -0.05) is 31.1 Å². The van der Waals surface area contributed by atoms with Gasteiger partial charge >= 0.3 is 0 Å². The summed E-state index contributed by atoms with van der Waals surface area (Å²) < 4.78 is 15.2. The molecule has 0 bridgehead atoms. The predicted octanol–water partition coefficient (Wildman–Crippen LogP) is 4.98. The van der Waals surface area contributed by atoms with Crippen molar-refractivity contribution < 1.29 is 19.0 Å². The second-order valence-electron chi connectivity index (χ2n) is 7.55. The number of methoxy groups -OCH3 is 3. The molecule has 0 radical (unpaired) electrons. The van der Waals surface area contributed by atoms with Crippen LogP contribution in [0.25, 0.3) is 0 Å². The summed E-state index contributed by atoms with van der Waals surface area (Å²) in [6.07, 6.45) is 4.74. The van der Waals surface area contributed by atoms with Crippen LogP contribution in [-0.4, -0.2) is 57.4 Å². The topological polar surface area (TPSA) is 52.5 Å². The summed E-state index contributed by atoms with van der Waals surface area (Å²) in [5.41, 5.74) is 1.19. The molecule has 1 aromatic rings. The molecule has 1 aliphatic heterocycles. The predicted molar refractivity (Wildman–Crippen MR) is 119 cm³/mol. The summed E-state index contributed by atoms with van der Waals surface area (Å²) in [7, 11) is 7.10. The lowest BCUT2D eigenvalue weighted by molar-refractivity contribution is -0.197. The minimum Gasteiger partial charge on any atom is -0.493 e. The fourth-order valence-electron chi connectivity index (χ4n) is 3.52. The van der Waals surface area contributed by atoms with Gasteiger partial charge in [-0.3, -0.25) is 0 Å². The Hall–Kier alpha value is -1.79. The van der Waals surface area contributed by atoms with Crippen molar-refractivity contribution in [3.05, 3.63) is 24.3 Å². The first-order valence-electron chi connectivity index (χ1n) is 10.6. The Morgan fingerprint density at radius 2 is 1.59 bits per heavy atom. The van der Waals surface area contributed by atoms with Crippen LogP contribution in [0.5, 0.6) is 11.5 Å². The molecule has 2 aliphatic rings. The van der Waals surface area contributed by atoms with Crippen molar-refractivity contribution in [3.8, 4) is 11.5 Å². The summed E-state index contributed by atoms with van der Waals surface area (Å²) in [5.74, 6) is 1.79. The van der Waals surface area contributed by atoms with Crippen LogP contribution in [0, 0.1) is 5.92 Å². The van der Waals surface area contributed by atoms with Gasteiger partial charge < -0.3 is 23.9 Å². The quantitative estimate of drug-likeness (QED) is 0.508. The van der Waals surface area contributed by atoms with Crippen molar-refractivity contribution in [2.24, 2.45) is 11.1 Å². The second-order valence-corrected chi connectivity index (χ2v) is 7.55. The number of para-hydroxylation sites is 2. The first-order valence-corrected chi connectivity index (χ1v) is 10.6. The van der Waals surface area contributed by atoms with Crippen molar-refractivity contribution in [1.82, 2.24) is 4.90 Å². The minimum absolute atomic E-state index is 0.620. The summed E-state index contributed by atoms with van der Waals surface area (Å²) >= 11 is 0. The summed E-state index contributed by atoms with van der Waals surface area (Å²) in [4.78, 5) is 7.91. The van der Waals surface area contributed by atoms with Gasteiger partial charge in [-0.15, -0.1) is 0 Å². The molecule has 2 unspecified atom stereocenters. The number of likely N-dealkylation sites (tertiary alicyclic amines) is 1. The van der Waals surface area contributed by atoms with E-state index in [1.807, 2.05) is 52.0 Å². The molecule has 1 saturated carbocycles. The van der Waals surface area contributed by atoms with Crippen LogP contribution in [-0.2, 0) is 9.57 Å². The highest BCUT2D eigenvalue weighted by atomic mass is 16.8. The number of oxime groups is 1. The standard InChI is InChI=1S/C13H24N2O2.C8H10O2.C2H6/c1-13(2,16-4)17-14-11-6-5-10-7-8-15(3)12(10)9-11;1-9-7-5-3-4-6-8(7)10-2;1-2/h10,12H,5-9H2,1-4H3;3-6H,1-2H3;1-2H3/b14-11+;;. The Balaban J connectivity index is 0.000000299. The van der Waals surface area contributed by atoms with E-state index in [1.54, 1.807) is 21.3 Å². The molecule has 1 heterocycles. The van der Waals surface area contributed by atoms with Gasteiger partial charge in [-0.05, 0) is 50.9 Å². The van der Waals surface area contributed by atoms with E-state index in [-0.39, 0.29) is 0 Å². The Morgan fingerprint density at radius 1 is 1.00 bits per heavy atom. The first-order chi connectivity index (χ1) is 13.9. The highest BCUT2D eigenvalue weighted by Crippen LogP contribution is 2.34. The van der Waals surface area contributed by atoms with E-state index in [9.17, 15) is 0 Å². The zero-order valence-corrected chi connectivity index (χ0v) is 19.5. The van der Waals surface area contributed by atoms with E-state index >= 15 is 0 Å². The van der Waals surface area contributed by atoms with E-state index in [1.165, 1.54) is 25.1 Å². The van der Waals surface area contributed by atoms with Crippen LogP contribution in [0.1, 0.15) is 53.4 Å². The van der Waals surface area contributed by atoms with Crippen molar-refractivity contribution >= 4 is 5.71 Å². The summed E-state index contributed by atoms with van der Waals surface area (Å²) in [6, 6.07) is 8.21. The Bertz CT molecular complexity index is 596. The highest BCUT2D eigenvalue weighted by molar-refractivity contribution is 5.85. The molecule has 1 aliphatic carbocycles. The maximum atomic E-state index is 5.45. The molecule has 3 rings (SSSR count). The van der Waals surface area contributed by atoms with Crippen LogP contribution < -0.4 is 9.47 Å². The summed E-state index contributed by atoms with van der Waals surface area (Å²) in [6.45, 7) is 8.99. The van der Waals surface area contributed by atoms with E-state index < -0.39 is 5.79 Å². The number of fused-ring (bicyclic) bond motifs is 1. The van der Waals surface area contributed by atoms with Crippen LogP contribution in [0.2, 0.25) is 0 Å². The van der Waals surface area contributed by atoms with Crippen LogP contribution in [0.4, 0.5) is 0 Å². The zero-order chi connectivity index (χ0) is 21.9. The normalized spacial score (nSPS) is 22.6. The molecule has 0 N–H and O–H groups in total. The maximum absolute atomic E-state index is 5.45. The van der Waals surface area contributed by atoms with Gasteiger partial charge in [0.25, 0.3) is 0 Å². The molecule has 166 valence electrons. The minimum atomic E-state index is -0.620. The largest absolute Gasteiger partial charge is 0.493 e. The number of hydrogen-bond acceptors (Lipinski definition) is 6. The average Bonchev–Trinajstić information content (AvgIpc) is 3.14. The van der Waals surface area contributed by atoms with Gasteiger partial charge in [-0.25, -0.2) is 0 Å². The van der Waals surface area contributed by atoms with E-state index in [4.69, 9.17) is 19.0 Å². The third kappa shape index (κ3) is 7.86. The molecule has 1 aromatic carbocycles. The number of hydrogen-bond donors (Lipinski definition) is 0. The number of benzene rings is 1. The molecule has 0 spiro atoms. The second kappa shape index (κ2) is 12.7. The Morgan fingerprint density at radius 3 is 2.10 bits per heavy atom. The monoisotopic (exact) mass is 408 g/mol. The average molecular weight is 409 g/mol. The molecule has 6 heteroatoms. The smallest absolute Gasteiger partial charge is 0.230 e. The molecule has 29 heavy (non-hydrogen) atoms. The lowest BCUT2D eigenvalue weighted by Gasteiger charge is -2.30. The number of nitrogens with zero attached hydrogens (tertiary/aromatic N) is 2. The van der Waals surface area contributed by atoms with Crippen molar-refractivity contribution in [2.45, 2.75) is 65.2 Å². The van der Waals surface area contributed by atoms with Crippen molar-refractivity contribution in [1.29, 1.82) is 0 Å². The van der Waals surface area contributed by atoms with Crippen LogP contribution in [0.3, 0.4) is 0 Å². The SMILES string of the molecule is CC.COC(C)(C)O/N=C1\CCC2CCN(C)C2C1.COc1ccccc1OC. The molecular weight excluding hydrogens is 368 g/mol. The van der Waals surface area contributed by atoms with Crippen LogP contribution >= 0.6 is 0 Å². The van der Waals surface area contributed by atoms with Gasteiger partial charge in [0.15, 0.2) is 11.5 Å². The van der Waals surface area contributed by atoms with Gasteiger partial charge in [-0.2, -0.15) is 0 Å². The zero-order valence-electron chi connectivity index (χ0n) is 19.5. The fourth-order valence-corrected chi connectivity index (χ4v) is 3.52. The molecule has 1 saturated heterocycles. The fraction of sp³-hybridized carbons (Fsp3) is 0.696. The van der Waals surface area contributed by atoms with Gasteiger partial charge in [0, 0.05) is 33.4 Å².